The molecule has 160 valence electrons. The van der Waals surface area contributed by atoms with E-state index in [4.69, 9.17) is 4.74 Å². The van der Waals surface area contributed by atoms with Crippen LogP contribution < -0.4 is 4.74 Å². The van der Waals surface area contributed by atoms with Crippen molar-refractivity contribution in [2.45, 2.75) is 25.7 Å². The standard InChI is InChI=1S/C24H24BrN3O3/c25-16-6-1-2-7-17-31-22-13-10-19(11-14-22)23-18-21(28(29)30)12-15-24(23)27-26-20-8-4-3-5-9-20/h3-5,8-15,18H,1-2,6-7,16-17H2. The second-order valence-electron chi connectivity index (χ2n) is 6.97. The molecule has 0 atom stereocenters. The molecule has 0 aliphatic carbocycles. The van der Waals surface area contributed by atoms with E-state index >= 15 is 0 Å². The van der Waals surface area contributed by atoms with Crippen LogP contribution >= 0.6 is 15.9 Å². The number of azo groups is 1. The molecule has 0 aliphatic rings. The normalized spacial score (nSPS) is 11.0. The number of unbranched alkanes of at least 4 members (excludes halogenated alkanes) is 3. The summed E-state index contributed by atoms with van der Waals surface area (Å²) in [6, 6.07) is 21.5. The highest BCUT2D eigenvalue weighted by atomic mass is 79.9. The van der Waals surface area contributed by atoms with Gasteiger partial charge in [-0.3, -0.25) is 10.1 Å². The predicted molar refractivity (Wildman–Crippen MR) is 127 cm³/mol. The quantitative estimate of drug-likeness (QED) is 0.0913. The lowest BCUT2D eigenvalue weighted by molar-refractivity contribution is -0.384. The molecule has 31 heavy (non-hydrogen) atoms. The highest BCUT2D eigenvalue weighted by Crippen LogP contribution is 2.35. The van der Waals surface area contributed by atoms with Crippen molar-refractivity contribution in [1.82, 2.24) is 0 Å². The molecule has 0 unspecified atom stereocenters. The summed E-state index contributed by atoms with van der Waals surface area (Å²) < 4.78 is 5.81. The summed E-state index contributed by atoms with van der Waals surface area (Å²) in [7, 11) is 0. The van der Waals surface area contributed by atoms with Crippen molar-refractivity contribution in [3.63, 3.8) is 0 Å². The van der Waals surface area contributed by atoms with Crippen molar-refractivity contribution in [1.29, 1.82) is 0 Å². The van der Waals surface area contributed by atoms with Crippen molar-refractivity contribution in [3.05, 3.63) is 82.9 Å². The van der Waals surface area contributed by atoms with Gasteiger partial charge in [-0.25, -0.2) is 0 Å². The molecule has 3 rings (SSSR count). The number of rotatable bonds is 11. The van der Waals surface area contributed by atoms with Crippen LogP contribution in [0, 0.1) is 10.1 Å². The third-order valence-corrected chi connectivity index (χ3v) is 5.24. The summed E-state index contributed by atoms with van der Waals surface area (Å²) in [5.41, 5.74) is 2.75. The molecular weight excluding hydrogens is 458 g/mol. The van der Waals surface area contributed by atoms with E-state index in [1.165, 1.54) is 25.0 Å². The molecule has 0 aromatic heterocycles. The van der Waals surface area contributed by atoms with Gasteiger partial charge in [0.25, 0.3) is 5.69 Å². The van der Waals surface area contributed by atoms with Gasteiger partial charge in [0, 0.05) is 23.0 Å². The van der Waals surface area contributed by atoms with Crippen LogP contribution in [0.4, 0.5) is 17.1 Å². The second-order valence-corrected chi connectivity index (χ2v) is 7.76. The predicted octanol–water partition coefficient (Wildman–Crippen LogP) is 8.01. The first-order valence-corrected chi connectivity index (χ1v) is 11.3. The number of non-ortho nitro benzene ring substituents is 1. The molecule has 0 saturated carbocycles. The highest BCUT2D eigenvalue weighted by molar-refractivity contribution is 9.09. The Labute approximate surface area is 190 Å². The summed E-state index contributed by atoms with van der Waals surface area (Å²) in [4.78, 5) is 10.9. The molecule has 0 heterocycles. The van der Waals surface area contributed by atoms with Gasteiger partial charge >= 0.3 is 0 Å². The summed E-state index contributed by atoms with van der Waals surface area (Å²) in [6.45, 7) is 0.676. The van der Waals surface area contributed by atoms with Crippen molar-refractivity contribution in [2.75, 3.05) is 11.9 Å². The van der Waals surface area contributed by atoms with Crippen molar-refractivity contribution >= 4 is 33.0 Å². The van der Waals surface area contributed by atoms with Gasteiger partial charge in [-0.15, -0.1) is 5.11 Å². The van der Waals surface area contributed by atoms with E-state index in [0.29, 0.717) is 23.5 Å². The van der Waals surface area contributed by atoms with Gasteiger partial charge < -0.3 is 4.74 Å². The van der Waals surface area contributed by atoms with E-state index in [0.717, 1.165) is 29.5 Å². The first-order chi connectivity index (χ1) is 15.2. The van der Waals surface area contributed by atoms with Gasteiger partial charge in [-0.05, 0) is 48.7 Å². The average Bonchev–Trinajstić information content (AvgIpc) is 2.81. The van der Waals surface area contributed by atoms with E-state index in [2.05, 4.69) is 26.2 Å². The maximum atomic E-state index is 11.3. The monoisotopic (exact) mass is 481 g/mol. The number of halogens is 1. The molecule has 0 amide bonds. The van der Waals surface area contributed by atoms with Gasteiger partial charge in [-0.2, -0.15) is 5.11 Å². The van der Waals surface area contributed by atoms with Gasteiger partial charge in [0.05, 0.1) is 22.9 Å². The molecule has 0 fully saturated rings. The summed E-state index contributed by atoms with van der Waals surface area (Å²) >= 11 is 3.44. The zero-order valence-electron chi connectivity index (χ0n) is 17.1. The number of nitro groups is 1. The summed E-state index contributed by atoms with van der Waals surface area (Å²) in [5, 5.41) is 20.9. The van der Waals surface area contributed by atoms with Crippen molar-refractivity contribution in [3.8, 4) is 16.9 Å². The van der Waals surface area contributed by atoms with Crippen molar-refractivity contribution in [2.24, 2.45) is 10.2 Å². The topological polar surface area (TPSA) is 77.1 Å². The first kappa shape index (κ1) is 22.6. The lowest BCUT2D eigenvalue weighted by Crippen LogP contribution is -1.97. The Morgan fingerprint density at radius 1 is 0.871 bits per heavy atom. The Bertz CT molecular complexity index is 1010. The minimum atomic E-state index is -0.408. The Morgan fingerprint density at radius 3 is 2.32 bits per heavy atom. The van der Waals surface area contributed by atoms with Crippen LogP contribution in [0.1, 0.15) is 25.7 Å². The fourth-order valence-electron chi connectivity index (χ4n) is 3.03. The molecule has 0 saturated heterocycles. The molecule has 0 spiro atoms. The van der Waals surface area contributed by atoms with E-state index in [-0.39, 0.29) is 5.69 Å². The number of benzene rings is 3. The molecule has 0 bridgehead atoms. The molecule has 0 radical (unpaired) electrons. The number of nitrogens with zero attached hydrogens (tertiary/aromatic N) is 3. The van der Waals surface area contributed by atoms with Crippen LogP contribution in [0.25, 0.3) is 11.1 Å². The number of hydrogen-bond donors (Lipinski definition) is 0. The lowest BCUT2D eigenvalue weighted by atomic mass is 10.0. The van der Waals surface area contributed by atoms with Gasteiger partial charge in [0.15, 0.2) is 0 Å². The zero-order valence-corrected chi connectivity index (χ0v) is 18.7. The number of alkyl halides is 1. The maximum absolute atomic E-state index is 11.3. The fourth-order valence-corrected chi connectivity index (χ4v) is 3.43. The minimum absolute atomic E-state index is 0.0115. The third-order valence-electron chi connectivity index (χ3n) is 4.68. The third kappa shape index (κ3) is 7.00. The molecule has 7 heteroatoms. The second kappa shape index (κ2) is 12.0. The van der Waals surface area contributed by atoms with Gasteiger partial charge in [0.1, 0.15) is 5.75 Å². The average molecular weight is 482 g/mol. The molecular formula is C24H24BrN3O3. The van der Waals surface area contributed by atoms with E-state index in [9.17, 15) is 10.1 Å². The number of nitro benzene ring substituents is 1. The smallest absolute Gasteiger partial charge is 0.270 e. The Morgan fingerprint density at radius 2 is 1.61 bits per heavy atom. The zero-order chi connectivity index (χ0) is 21.9. The minimum Gasteiger partial charge on any atom is -0.494 e. The Kier molecular flexibility index (Phi) is 8.72. The van der Waals surface area contributed by atoms with Crippen LogP contribution in [-0.4, -0.2) is 16.9 Å². The molecule has 3 aromatic rings. The van der Waals surface area contributed by atoms with E-state index < -0.39 is 4.92 Å². The Hall–Kier alpha value is -3.06. The molecule has 0 N–H and O–H groups in total. The first-order valence-electron chi connectivity index (χ1n) is 10.2. The van der Waals surface area contributed by atoms with Crippen LogP contribution in [0.3, 0.4) is 0 Å². The SMILES string of the molecule is O=[N+]([O-])c1ccc(N=Nc2ccccc2)c(-c2ccc(OCCCCCCBr)cc2)c1. The fraction of sp³-hybridized carbons (Fsp3) is 0.250. The van der Waals surface area contributed by atoms with Crippen LogP contribution in [-0.2, 0) is 0 Å². The van der Waals surface area contributed by atoms with Gasteiger partial charge in [-0.1, -0.05) is 59.1 Å². The maximum Gasteiger partial charge on any atom is 0.270 e. The summed E-state index contributed by atoms with van der Waals surface area (Å²) in [6.07, 6.45) is 4.54. The number of ether oxygens (including phenoxy) is 1. The molecule has 6 nitrogen and oxygen atoms in total. The summed E-state index contributed by atoms with van der Waals surface area (Å²) in [5.74, 6) is 0.780. The molecule has 0 aliphatic heterocycles. The van der Waals surface area contributed by atoms with Crippen LogP contribution in [0.2, 0.25) is 0 Å². The van der Waals surface area contributed by atoms with Crippen molar-refractivity contribution < 1.29 is 9.66 Å². The lowest BCUT2D eigenvalue weighted by Gasteiger charge is -2.09. The van der Waals surface area contributed by atoms with Gasteiger partial charge in [0.2, 0.25) is 0 Å². The van der Waals surface area contributed by atoms with Crippen LogP contribution in [0.5, 0.6) is 5.75 Å². The number of hydrogen-bond acceptors (Lipinski definition) is 5. The Balaban J connectivity index is 1.76. The largest absolute Gasteiger partial charge is 0.494 e. The molecule has 3 aromatic carbocycles. The highest BCUT2D eigenvalue weighted by Gasteiger charge is 2.13. The van der Waals surface area contributed by atoms with Crippen LogP contribution in [0.15, 0.2) is 83.0 Å². The van der Waals surface area contributed by atoms with E-state index in [1.807, 2.05) is 54.6 Å². The van der Waals surface area contributed by atoms with E-state index in [1.54, 1.807) is 6.07 Å².